The van der Waals surface area contributed by atoms with Crippen LogP contribution in [0.15, 0.2) is 71.0 Å². The largest absolute Gasteiger partial charge is 0.393 e. The molecule has 0 atom stereocenters. The zero-order valence-electron chi connectivity index (χ0n) is 16.0. The SMILES string of the molecule is NC(=O)c1ccc(-n2cccc2Sc2cccnc2)cc1NC1CCC(O)CC1. The minimum atomic E-state index is -0.452. The first-order valence-corrected chi connectivity index (χ1v) is 10.6. The van der Waals surface area contributed by atoms with E-state index >= 15 is 0 Å². The van der Waals surface area contributed by atoms with Gasteiger partial charge in [0.25, 0.3) is 5.91 Å². The first kappa shape index (κ1) is 19.5. The summed E-state index contributed by atoms with van der Waals surface area (Å²) in [5.74, 6) is -0.452. The van der Waals surface area contributed by atoms with Crippen molar-refractivity contribution in [1.82, 2.24) is 9.55 Å². The smallest absolute Gasteiger partial charge is 0.250 e. The van der Waals surface area contributed by atoms with Crippen molar-refractivity contribution < 1.29 is 9.90 Å². The second-order valence-corrected chi connectivity index (χ2v) is 8.34. The molecule has 1 fully saturated rings. The van der Waals surface area contributed by atoms with Crippen molar-refractivity contribution in [3.63, 3.8) is 0 Å². The van der Waals surface area contributed by atoms with E-state index in [2.05, 4.69) is 20.9 Å². The van der Waals surface area contributed by atoms with Crippen molar-refractivity contribution in [2.75, 3.05) is 5.32 Å². The maximum Gasteiger partial charge on any atom is 0.250 e. The van der Waals surface area contributed by atoms with Gasteiger partial charge < -0.3 is 20.7 Å². The lowest BCUT2D eigenvalue weighted by Gasteiger charge is -2.28. The van der Waals surface area contributed by atoms with Crippen molar-refractivity contribution in [2.45, 2.75) is 47.8 Å². The fraction of sp³-hybridized carbons (Fsp3) is 0.273. The number of aliphatic hydroxyl groups is 1. The van der Waals surface area contributed by atoms with Gasteiger partial charge in [-0.05, 0) is 68.1 Å². The molecule has 150 valence electrons. The summed E-state index contributed by atoms with van der Waals surface area (Å²) in [6, 6.07) is 13.9. The van der Waals surface area contributed by atoms with Gasteiger partial charge in [0, 0.05) is 40.9 Å². The average molecular weight is 409 g/mol. The first-order valence-electron chi connectivity index (χ1n) is 9.74. The van der Waals surface area contributed by atoms with Gasteiger partial charge in [-0.3, -0.25) is 9.78 Å². The lowest BCUT2D eigenvalue weighted by molar-refractivity contribution is 0.100. The lowest BCUT2D eigenvalue weighted by Crippen LogP contribution is -2.29. The van der Waals surface area contributed by atoms with Gasteiger partial charge in [-0.2, -0.15) is 0 Å². The number of aromatic nitrogens is 2. The molecule has 1 aliphatic rings. The second kappa shape index (κ2) is 8.71. The van der Waals surface area contributed by atoms with Gasteiger partial charge in [-0.15, -0.1) is 0 Å². The summed E-state index contributed by atoms with van der Waals surface area (Å²) >= 11 is 1.63. The molecule has 1 aromatic carbocycles. The van der Waals surface area contributed by atoms with E-state index in [9.17, 15) is 9.90 Å². The van der Waals surface area contributed by atoms with Crippen LogP contribution in [0.4, 0.5) is 5.69 Å². The Bertz CT molecular complexity index is 981. The maximum atomic E-state index is 11.9. The summed E-state index contributed by atoms with van der Waals surface area (Å²) in [4.78, 5) is 17.2. The number of nitrogens with two attached hydrogens (primary N) is 1. The third kappa shape index (κ3) is 4.63. The van der Waals surface area contributed by atoms with E-state index in [0.29, 0.717) is 5.56 Å². The molecule has 4 N–H and O–H groups in total. The van der Waals surface area contributed by atoms with Gasteiger partial charge in [0.1, 0.15) is 0 Å². The van der Waals surface area contributed by atoms with E-state index in [1.54, 1.807) is 24.0 Å². The number of anilines is 1. The Labute approximate surface area is 174 Å². The van der Waals surface area contributed by atoms with Crippen LogP contribution in [0.5, 0.6) is 0 Å². The predicted molar refractivity (Wildman–Crippen MR) is 115 cm³/mol. The van der Waals surface area contributed by atoms with Gasteiger partial charge in [0.05, 0.1) is 16.7 Å². The van der Waals surface area contributed by atoms with Gasteiger partial charge in [-0.1, -0.05) is 11.8 Å². The summed E-state index contributed by atoms with van der Waals surface area (Å²) in [6.07, 6.45) is 8.65. The van der Waals surface area contributed by atoms with E-state index in [1.807, 2.05) is 42.7 Å². The van der Waals surface area contributed by atoms with Crippen molar-refractivity contribution in [1.29, 1.82) is 0 Å². The molecule has 0 saturated heterocycles. The monoisotopic (exact) mass is 408 g/mol. The van der Waals surface area contributed by atoms with Crippen LogP contribution in [0, 0.1) is 0 Å². The summed E-state index contributed by atoms with van der Waals surface area (Å²) < 4.78 is 2.08. The highest BCUT2D eigenvalue weighted by atomic mass is 32.2. The van der Waals surface area contributed by atoms with Crippen LogP contribution in [0.2, 0.25) is 0 Å². The molecule has 0 bridgehead atoms. The van der Waals surface area contributed by atoms with Crippen LogP contribution in [0.3, 0.4) is 0 Å². The number of pyridine rings is 1. The number of benzene rings is 1. The normalized spacial score (nSPS) is 19.1. The lowest BCUT2D eigenvalue weighted by atomic mass is 9.92. The van der Waals surface area contributed by atoms with Crippen LogP contribution in [0.1, 0.15) is 36.0 Å². The molecule has 1 aliphatic carbocycles. The van der Waals surface area contributed by atoms with Crippen LogP contribution in [0.25, 0.3) is 5.69 Å². The Balaban J connectivity index is 1.62. The number of nitrogens with one attached hydrogen (secondary N) is 1. The first-order chi connectivity index (χ1) is 14.1. The zero-order chi connectivity index (χ0) is 20.2. The molecule has 2 heterocycles. The fourth-order valence-electron chi connectivity index (χ4n) is 3.65. The molecule has 0 radical (unpaired) electrons. The van der Waals surface area contributed by atoms with Gasteiger partial charge >= 0.3 is 0 Å². The molecule has 0 aliphatic heterocycles. The van der Waals surface area contributed by atoms with Gasteiger partial charge in [0.15, 0.2) is 0 Å². The fourth-order valence-corrected chi connectivity index (χ4v) is 4.56. The molecule has 4 rings (SSSR count). The highest BCUT2D eigenvalue weighted by Crippen LogP contribution is 2.31. The van der Waals surface area contributed by atoms with Crippen LogP contribution in [-0.4, -0.2) is 32.7 Å². The molecule has 1 saturated carbocycles. The van der Waals surface area contributed by atoms with E-state index in [0.717, 1.165) is 47.0 Å². The molecule has 1 amide bonds. The molecule has 0 unspecified atom stereocenters. The quantitative estimate of drug-likeness (QED) is 0.576. The van der Waals surface area contributed by atoms with Crippen LogP contribution >= 0.6 is 11.8 Å². The molecule has 2 aromatic heterocycles. The number of hydrogen-bond acceptors (Lipinski definition) is 5. The minimum Gasteiger partial charge on any atom is -0.393 e. The topological polar surface area (TPSA) is 93.2 Å². The van der Waals surface area contributed by atoms with Crippen molar-refractivity contribution >= 4 is 23.4 Å². The Morgan fingerprint density at radius 3 is 2.72 bits per heavy atom. The second-order valence-electron chi connectivity index (χ2n) is 7.25. The molecule has 3 aromatic rings. The van der Waals surface area contributed by atoms with Crippen molar-refractivity contribution in [3.05, 3.63) is 66.6 Å². The van der Waals surface area contributed by atoms with E-state index in [-0.39, 0.29) is 12.1 Å². The Kier molecular flexibility index (Phi) is 5.87. The van der Waals surface area contributed by atoms with Gasteiger partial charge in [0.2, 0.25) is 0 Å². The average Bonchev–Trinajstić information content (AvgIpc) is 3.18. The Morgan fingerprint density at radius 1 is 1.17 bits per heavy atom. The summed E-state index contributed by atoms with van der Waals surface area (Å²) in [5, 5.41) is 14.3. The zero-order valence-corrected chi connectivity index (χ0v) is 16.8. The molecular formula is C22H24N4O2S. The van der Waals surface area contributed by atoms with Crippen LogP contribution in [-0.2, 0) is 0 Å². The highest BCUT2D eigenvalue weighted by molar-refractivity contribution is 7.99. The van der Waals surface area contributed by atoms with Crippen molar-refractivity contribution in [3.8, 4) is 5.69 Å². The summed E-state index contributed by atoms with van der Waals surface area (Å²) in [6.45, 7) is 0. The third-order valence-electron chi connectivity index (χ3n) is 5.17. The summed E-state index contributed by atoms with van der Waals surface area (Å²) in [7, 11) is 0. The van der Waals surface area contributed by atoms with Gasteiger partial charge in [-0.25, -0.2) is 0 Å². The highest BCUT2D eigenvalue weighted by Gasteiger charge is 2.21. The predicted octanol–water partition coefficient (Wildman–Crippen LogP) is 3.84. The molecular weight excluding hydrogens is 384 g/mol. The molecule has 7 heteroatoms. The standard InChI is InChI=1S/C22H24N4O2S/c23-22(28)19-10-7-16(13-20(19)25-15-5-8-17(27)9-6-15)26-12-2-4-21(26)29-18-3-1-11-24-14-18/h1-4,7,10-15,17,25,27H,5-6,8-9H2,(H2,23,28). The van der Waals surface area contributed by atoms with E-state index in [1.165, 1.54) is 0 Å². The molecule has 6 nitrogen and oxygen atoms in total. The van der Waals surface area contributed by atoms with Crippen molar-refractivity contribution in [2.24, 2.45) is 5.73 Å². The molecule has 29 heavy (non-hydrogen) atoms. The number of primary amides is 1. The summed E-state index contributed by atoms with van der Waals surface area (Å²) in [5.41, 5.74) is 7.77. The number of rotatable bonds is 6. The number of carbonyl (C=O) groups is 1. The Morgan fingerprint density at radius 2 is 2.00 bits per heavy atom. The number of amides is 1. The number of hydrogen-bond donors (Lipinski definition) is 3. The number of aliphatic hydroxyl groups excluding tert-OH is 1. The maximum absolute atomic E-state index is 11.9. The minimum absolute atomic E-state index is 0.220. The number of nitrogens with zero attached hydrogens (tertiary/aromatic N) is 2. The van der Waals surface area contributed by atoms with E-state index in [4.69, 9.17) is 5.73 Å². The molecule has 0 spiro atoms. The number of carbonyl (C=O) groups excluding carboxylic acids is 1. The van der Waals surface area contributed by atoms with Crippen LogP contribution < -0.4 is 11.1 Å². The third-order valence-corrected chi connectivity index (χ3v) is 6.19. The van der Waals surface area contributed by atoms with E-state index < -0.39 is 5.91 Å². The Hall–Kier alpha value is -2.77.